The van der Waals surface area contributed by atoms with Crippen LogP contribution in [0.2, 0.25) is 0 Å². The number of aromatic nitrogens is 1. The maximum absolute atomic E-state index is 13.3. The number of thiazole rings is 1. The van der Waals surface area contributed by atoms with Crippen LogP contribution in [0.3, 0.4) is 0 Å². The number of amides is 2. The minimum absolute atomic E-state index is 0.0835. The number of carbonyl (C=O) groups is 2. The van der Waals surface area contributed by atoms with Crippen LogP contribution in [0.25, 0.3) is 11.3 Å². The van der Waals surface area contributed by atoms with Gasteiger partial charge in [-0.15, -0.1) is 11.3 Å². The molecule has 4 rings (SSSR count). The van der Waals surface area contributed by atoms with Crippen molar-refractivity contribution < 1.29 is 22.8 Å². The van der Waals surface area contributed by atoms with E-state index in [-0.39, 0.29) is 44.1 Å². The van der Waals surface area contributed by atoms with Gasteiger partial charge in [-0.1, -0.05) is 42.0 Å². The highest BCUT2D eigenvalue weighted by molar-refractivity contribution is 7.12. The molecule has 0 atom stereocenters. The van der Waals surface area contributed by atoms with Crippen LogP contribution in [0.1, 0.15) is 31.4 Å². The molecule has 1 aromatic heterocycles. The molecule has 9 heteroatoms. The highest BCUT2D eigenvalue weighted by atomic mass is 32.1. The average molecular weight is 488 g/mol. The predicted molar refractivity (Wildman–Crippen MR) is 125 cm³/mol. The topological polar surface area (TPSA) is 53.5 Å². The third-order valence-electron chi connectivity index (χ3n) is 5.82. The van der Waals surface area contributed by atoms with E-state index in [2.05, 4.69) is 4.98 Å². The Labute approximate surface area is 199 Å². The van der Waals surface area contributed by atoms with Gasteiger partial charge in [0.25, 0.3) is 5.91 Å². The first-order valence-corrected chi connectivity index (χ1v) is 11.7. The molecule has 2 amide bonds. The van der Waals surface area contributed by atoms with Gasteiger partial charge in [-0.2, -0.15) is 13.2 Å². The minimum Gasteiger partial charge on any atom is -0.339 e. The van der Waals surface area contributed by atoms with E-state index in [4.69, 9.17) is 0 Å². The Morgan fingerprint density at radius 1 is 0.941 bits per heavy atom. The van der Waals surface area contributed by atoms with Gasteiger partial charge >= 0.3 is 6.18 Å². The Kier molecular flexibility index (Phi) is 6.74. The van der Waals surface area contributed by atoms with E-state index in [1.54, 1.807) is 4.90 Å². The molecule has 0 unspecified atom stereocenters. The number of rotatable bonds is 4. The molecule has 0 aliphatic carbocycles. The van der Waals surface area contributed by atoms with Crippen LogP contribution in [0.5, 0.6) is 0 Å². The summed E-state index contributed by atoms with van der Waals surface area (Å²) < 4.78 is 39.9. The fourth-order valence-electron chi connectivity index (χ4n) is 4.02. The van der Waals surface area contributed by atoms with Gasteiger partial charge in [0.05, 0.1) is 28.2 Å². The summed E-state index contributed by atoms with van der Waals surface area (Å²) in [6, 6.07) is 12.8. The highest BCUT2D eigenvalue weighted by Crippen LogP contribution is 2.33. The number of piperazine rings is 1. The molecule has 34 heavy (non-hydrogen) atoms. The Bertz CT molecular complexity index is 1200. The molecule has 1 aliphatic rings. The van der Waals surface area contributed by atoms with Gasteiger partial charge in [0.1, 0.15) is 0 Å². The van der Waals surface area contributed by atoms with E-state index >= 15 is 0 Å². The Morgan fingerprint density at radius 2 is 1.56 bits per heavy atom. The van der Waals surface area contributed by atoms with Gasteiger partial charge in [0, 0.05) is 36.6 Å². The van der Waals surface area contributed by atoms with E-state index in [0.29, 0.717) is 0 Å². The third kappa shape index (κ3) is 5.14. The van der Waals surface area contributed by atoms with Gasteiger partial charge in [-0.05, 0) is 26.0 Å². The van der Waals surface area contributed by atoms with Crippen molar-refractivity contribution in [1.82, 2.24) is 14.8 Å². The minimum atomic E-state index is -4.61. The van der Waals surface area contributed by atoms with Crippen LogP contribution in [-0.2, 0) is 17.4 Å². The smallest absolute Gasteiger partial charge is 0.339 e. The zero-order chi connectivity index (χ0) is 24.5. The van der Waals surface area contributed by atoms with Crippen molar-refractivity contribution in [2.75, 3.05) is 26.2 Å². The number of benzene rings is 2. The number of halogens is 3. The number of nitrogens with zero attached hydrogens (tertiary/aromatic N) is 3. The fraction of sp³-hybridized carbons (Fsp3) is 0.320. The predicted octanol–water partition coefficient (Wildman–Crippen LogP) is 4.97. The van der Waals surface area contributed by atoms with Crippen molar-refractivity contribution >= 4 is 23.2 Å². The molecule has 178 valence electrons. The SMILES string of the molecule is Cc1ccc(-c2nc(C)sc2CC(=O)N2CCN(C(=O)c3ccccc3C(F)(F)F)CC2)cc1. The molecule has 2 aromatic carbocycles. The van der Waals surface area contributed by atoms with Crippen LogP contribution in [0.4, 0.5) is 13.2 Å². The number of hydrogen-bond acceptors (Lipinski definition) is 4. The monoisotopic (exact) mass is 487 g/mol. The maximum Gasteiger partial charge on any atom is 0.417 e. The maximum atomic E-state index is 13.3. The lowest BCUT2D eigenvalue weighted by atomic mass is 10.1. The van der Waals surface area contributed by atoms with Gasteiger partial charge in [-0.25, -0.2) is 4.98 Å². The van der Waals surface area contributed by atoms with Crippen molar-refractivity contribution in [2.24, 2.45) is 0 Å². The summed E-state index contributed by atoms with van der Waals surface area (Å²) in [7, 11) is 0. The summed E-state index contributed by atoms with van der Waals surface area (Å²) in [6.45, 7) is 4.82. The van der Waals surface area contributed by atoms with E-state index < -0.39 is 17.6 Å². The summed E-state index contributed by atoms with van der Waals surface area (Å²) in [5.41, 5.74) is 1.59. The van der Waals surface area contributed by atoms with Crippen molar-refractivity contribution in [3.63, 3.8) is 0 Å². The zero-order valence-corrected chi connectivity index (χ0v) is 19.7. The summed E-state index contributed by atoms with van der Waals surface area (Å²) in [5, 5.41) is 0.872. The molecule has 2 heterocycles. The average Bonchev–Trinajstić information content (AvgIpc) is 3.18. The van der Waals surface area contributed by atoms with E-state index in [1.807, 2.05) is 38.1 Å². The molecule has 0 N–H and O–H groups in total. The molecule has 0 bridgehead atoms. The van der Waals surface area contributed by atoms with Crippen LogP contribution in [-0.4, -0.2) is 52.8 Å². The molecule has 5 nitrogen and oxygen atoms in total. The lowest BCUT2D eigenvalue weighted by molar-refractivity contribution is -0.138. The van der Waals surface area contributed by atoms with Crippen molar-refractivity contribution in [3.8, 4) is 11.3 Å². The summed E-state index contributed by atoms with van der Waals surface area (Å²) in [6.07, 6.45) is -4.41. The summed E-state index contributed by atoms with van der Waals surface area (Å²) in [5.74, 6) is -0.750. The number of carbonyl (C=O) groups excluding carboxylic acids is 2. The molecule has 3 aromatic rings. The standard InChI is InChI=1S/C25H24F3N3O2S/c1-16-7-9-18(10-8-16)23-21(34-17(2)29-23)15-22(32)30-11-13-31(14-12-30)24(33)19-5-3-4-6-20(19)25(26,27)28/h3-10H,11-15H2,1-2H3. The largest absolute Gasteiger partial charge is 0.417 e. The second kappa shape index (κ2) is 9.58. The Morgan fingerprint density at radius 3 is 2.21 bits per heavy atom. The quantitative estimate of drug-likeness (QED) is 0.522. The van der Waals surface area contributed by atoms with Gasteiger partial charge < -0.3 is 9.80 Å². The molecular weight excluding hydrogens is 463 g/mol. The normalized spacial score (nSPS) is 14.4. The number of hydrogen-bond donors (Lipinski definition) is 0. The van der Waals surface area contributed by atoms with E-state index in [1.165, 1.54) is 34.4 Å². The van der Waals surface area contributed by atoms with E-state index in [9.17, 15) is 22.8 Å². The molecule has 0 saturated carbocycles. The fourth-order valence-corrected chi connectivity index (χ4v) is 4.97. The molecule has 1 saturated heterocycles. The van der Waals surface area contributed by atoms with Crippen LogP contribution in [0.15, 0.2) is 48.5 Å². The summed E-state index contributed by atoms with van der Waals surface area (Å²) in [4.78, 5) is 34.3. The van der Waals surface area contributed by atoms with Crippen molar-refractivity contribution in [2.45, 2.75) is 26.4 Å². The number of aryl methyl sites for hydroxylation is 2. The second-order valence-corrected chi connectivity index (χ2v) is 9.55. The van der Waals surface area contributed by atoms with Crippen LogP contribution < -0.4 is 0 Å². The first-order valence-electron chi connectivity index (χ1n) is 10.9. The molecule has 1 aliphatic heterocycles. The van der Waals surface area contributed by atoms with E-state index in [0.717, 1.165) is 32.8 Å². The Hall–Kier alpha value is -3.20. The number of alkyl halides is 3. The van der Waals surface area contributed by atoms with Gasteiger partial charge in [0.15, 0.2) is 0 Å². The van der Waals surface area contributed by atoms with Crippen LogP contribution >= 0.6 is 11.3 Å². The van der Waals surface area contributed by atoms with Gasteiger partial charge in [-0.3, -0.25) is 9.59 Å². The third-order valence-corrected chi connectivity index (χ3v) is 6.79. The molecule has 0 radical (unpaired) electrons. The second-order valence-electron chi connectivity index (χ2n) is 8.26. The lowest BCUT2D eigenvalue weighted by Crippen LogP contribution is -2.51. The zero-order valence-electron chi connectivity index (χ0n) is 18.9. The molecule has 1 fully saturated rings. The highest BCUT2D eigenvalue weighted by Gasteiger charge is 2.36. The molecular formula is C25H24F3N3O2S. The Balaban J connectivity index is 1.42. The van der Waals surface area contributed by atoms with Crippen LogP contribution in [0, 0.1) is 13.8 Å². The first kappa shape index (κ1) is 23.9. The molecule has 0 spiro atoms. The van der Waals surface area contributed by atoms with Crippen molar-refractivity contribution in [3.05, 3.63) is 75.1 Å². The first-order chi connectivity index (χ1) is 16.1. The lowest BCUT2D eigenvalue weighted by Gasteiger charge is -2.35. The van der Waals surface area contributed by atoms with Crippen molar-refractivity contribution in [1.29, 1.82) is 0 Å². The van der Waals surface area contributed by atoms with Gasteiger partial charge in [0.2, 0.25) is 5.91 Å². The summed E-state index contributed by atoms with van der Waals surface area (Å²) >= 11 is 1.48.